The molecular formula is C17H15+. The van der Waals surface area contributed by atoms with Crippen molar-refractivity contribution in [3.8, 4) is 0 Å². The maximum absolute atomic E-state index is 3.68. The van der Waals surface area contributed by atoms with Crippen LogP contribution < -0.4 is 0 Å². The van der Waals surface area contributed by atoms with Crippen molar-refractivity contribution in [1.29, 1.82) is 0 Å². The van der Waals surface area contributed by atoms with Gasteiger partial charge in [0.1, 0.15) is 0 Å². The smallest absolute Gasteiger partial charge is 0.0622 e. The van der Waals surface area contributed by atoms with Crippen LogP contribution in [0.4, 0.5) is 0 Å². The van der Waals surface area contributed by atoms with E-state index in [-0.39, 0.29) is 0 Å². The summed E-state index contributed by atoms with van der Waals surface area (Å²) in [7, 11) is 0. The highest BCUT2D eigenvalue weighted by Crippen LogP contribution is 2.10. The highest BCUT2D eigenvalue weighted by molar-refractivity contribution is 5.69. The molecule has 0 saturated carbocycles. The molecule has 2 aromatic carbocycles. The zero-order valence-electron chi connectivity index (χ0n) is 9.71. The first-order valence-corrected chi connectivity index (χ1v) is 5.67. The average molecular weight is 219 g/mol. The molecule has 0 aliphatic carbocycles. The van der Waals surface area contributed by atoms with Crippen molar-refractivity contribution in [3.05, 3.63) is 90.4 Å². The van der Waals surface area contributed by atoms with E-state index in [4.69, 9.17) is 0 Å². The molecule has 0 heteroatoms. The fourth-order valence-corrected chi connectivity index (χ4v) is 1.61. The molecule has 0 N–H and O–H groups in total. The van der Waals surface area contributed by atoms with Crippen molar-refractivity contribution < 1.29 is 0 Å². The van der Waals surface area contributed by atoms with Crippen LogP contribution in [-0.2, 0) is 0 Å². The largest absolute Gasteiger partial charge is 0.0952 e. The maximum atomic E-state index is 3.68. The molecule has 0 saturated heterocycles. The molecule has 2 aromatic rings. The summed E-state index contributed by atoms with van der Waals surface area (Å²) in [4.78, 5) is 0. The summed E-state index contributed by atoms with van der Waals surface area (Å²) in [6.45, 7) is 3.68. The molecule has 2 rings (SSSR count). The summed E-state index contributed by atoms with van der Waals surface area (Å²) in [5, 5.41) is 0. The van der Waals surface area contributed by atoms with Crippen LogP contribution in [0.5, 0.6) is 0 Å². The zero-order chi connectivity index (χ0) is 11.9. The summed E-state index contributed by atoms with van der Waals surface area (Å²) in [5.41, 5.74) is 3.60. The Balaban J connectivity index is 2.08. The Morgan fingerprint density at radius 3 is 1.94 bits per heavy atom. The first-order chi connectivity index (χ1) is 8.38. The molecule has 0 fully saturated rings. The molecule has 0 nitrogen and oxygen atoms in total. The quantitative estimate of drug-likeness (QED) is 0.521. The van der Waals surface area contributed by atoms with Crippen molar-refractivity contribution in [2.45, 2.75) is 0 Å². The molecule has 0 radical (unpaired) electrons. The second-order valence-electron chi connectivity index (χ2n) is 3.81. The summed E-state index contributed by atoms with van der Waals surface area (Å²) >= 11 is 0. The molecule has 0 aliphatic rings. The van der Waals surface area contributed by atoms with E-state index in [0.29, 0.717) is 0 Å². The van der Waals surface area contributed by atoms with E-state index in [1.807, 2.05) is 24.6 Å². The Labute approximate surface area is 103 Å². The van der Waals surface area contributed by atoms with Crippen molar-refractivity contribution in [2.75, 3.05) is 0 Å². The van der Waals surface area contributed by atoms with Gasteiger partial charge in [-0.2, -0.15) is 0 Å². The van der Waals surface area contributed by atoms with Crippen LogP contribution in [0.25, 0.3) is 12.2 Å². The first-order valence-electron chi connectivity index (χ1n) is 5.67. The van der Waals surface area contributed by atoms with Gasteiger partial charge in [-0.3, -0.25) is 0 Å². The van der Waals surface area contributed by atoms with E-state index in [2.05, 4.69) is 55.1 Å². The molecular weight excluding hydrogens is 204 g/mol. The second kappa shape index (κ2) is 5.76. The van der Waals surface area contributed by atoms with Gasteiger partial charge in [0.15, 0.2) is 0 Å². The number of benzene rings is 2. The minimum Gasteiger partial charge on any atom is -0.0622 e. The van der Waals surface area contributed by atoms with Crippen LogP contribution in [-0.4, -0.2) is 0 Å². The normalized spacial score (nSPS) is 10.4. The summed E-state index contributed by atoms with van der Waals surface area (Å²) in [6.07, 6.45) is 8.03. The molecule has 82 valence electrons. The number of allylic oxidation sites excluding steroid dienone is 1. The van der Waals surface area contributed by atoms with Gasteiger partial charge in [-0.25, -0.2) is 0 Å². The lowest BCUT2D eigenvalue weighted by atomic mass is 10.1. The second-order valence-corrected chi connectivity index (χ2v) is 3.81. The van der Waals surface area contributed by atoms with E-state index in [9.17, 15) is 0 Å². The number of hydrogen-bond donors (Lipinski definition) is 0. The summed E-state index contributed by atoms with van der Waals surface area (Å²) in [5.74, 6) is 0. The fraction of sp³-hybridized carbons (Fsp3) is 0. The van der Waals surface area contributed by atoms with Gasteiger partial charge in [-0.1, -0.05) is 42.5 Å². The lowest BCUT2D eigenvalue weighted by molar-refractivity contribution is 1.51. The Bertz CT molecular complexity index is 489. The Morgan fingerprint density at radius 1 is 0.765 bits per heavy atom. The number of hydrogen-bond acceptors (Lipinski definition) is 0. The lowest BCUT2D eigenvalue weighted by Gasteiger charge is -1.93. The molecule has 0 atom stereocenters. The van der Waals surface area contributed by atoms with E-state index in [1.165, 1.54) is 16.7 Å². The van der Waals surface area contributed by atoms with Crippen LogP contribution >= 0.6 is 0 Å². The van der Waals surface area contributed by atoms with Gasteiger partial charge in [0, 0.05) is 24.6 Å². The molecule has 17 heavy (non-hydrogen) atoms. The third-order valence-corrected chi connectivity index (χ3v) is 2.51. The lowest BCUT2D eigenvalue weighted by Crippen LogP contribution is -1.78. The van der Waals surface area contributed by atoms with Gasteiger partial charge in [0.2, 0.25) is 0 Å². The Kier molecular flexibility index (Phi) is 3.82. The summed E-state index contributed by atoms with van der Waals surface area (Å²) in [6, 6.07) is 18.7. The Morgan fingerprint density at radius 2 is 1.35 bits per heavy atom. The van der Waals surface area contributed by atoms with E-state index >= 15 is 0 Å². The molecule has 0 aromatic heterocycles. The van der Waals surface area contributed by atoms with Crippen LogP contribution in [0.15, 0.2) is 67.3 Å². The van der Waals surface area contributed by atoms with Crippen molar-refractivity contribution >= 4 is 12.2 Å². The van der Waals surface area contributed by atoms with Crippen LogP contribution in [0.2, 0.25) is 0 Å². The number of rotatable bonds is 4. The monoisotopic (exact) mass is 219 g/mol. The molecule has 0 heterocycles. The van der Waals surface area contributed by atoms with Gasteiger partial charge >= 0.3 is 0 Å². The first kappa shape index (κ1) is 11.3. The maximum Gasteiger partial charge on any atom is 0.0952 e. The van der Waals surface area contributed by atoms with Crippen LogP contribution in [0.1, 0.15) is 16.7 Å². The zero-order valence-corrected chi connectivity index (χ0v) is 9.71. The van der Waals surface area contributed by atoms with E-state index in [0.717, 1.165) is 0 Å². The topological polar surface area (TPSA) is 0 Å². The van der Waals surface area contributed by atoms with Gasteiger partial charge in [0.05, 0.1) is 5.56 Å². The van der Waals surface area contributed by atoms with Crippen LogP contribution in [0, 0.1) is 6.42 Å². The standard InChI is InChI=1S/C17H15/c1-2-6-15-9-12-17(13-10-15)14-11-16-7-4-3-5-8-16/h2-14H,1H2/q+1/b14-11+. The average Bonchev–Trinajstić information content (AvgIpc) is 2.40. The Hall–Kier alpha value is -2.21. The molecule has 0 aliphatic heterocycles. The SMILES string of the molecule is C=C[CH+]c1ccc(/C=C/c2ccccc2)cc1. The molecule has 0 spiro atoms. The van der Waals surface area contributed by atoms with Gasteiger partial charge in [-0.05, 0) is 29.8 Å². The highest BCUT2D eigenvalue weighted by atomic mass is 14.0. The van der Waals surface area contributed by atoms with E-state index < -0.39 is 0 Å². The van der Waals surface area contributed by atoms with Gasteiger partial charge in [-0.15, -0.1) is 0 Å². The fourth-order valence-electron chi connectivity index (χ4n) is 1.61. The highest BCUT2D eigenvalue weighted by Gasteiger charge is 1.96. The predicted octanol–water partition coefficient (Wildman–Crippen LogP) is 4.60. The minimum atomic E-state index is 1.18. The third kappa shape index (κ3) is 3.39. The minimum absolute atomic E-state index is 1.18. The van der Waals surface area contributed by atoms with E-state index in [1.54, 1.807) is 6.08 Å². The predicted molar refractivity (Wildman–Crippen MR) is 75.4 cm³/mol. The van der Waals surface area contributed by atoms with Gasteiger partial charge < -0.3 is 0 Å². The van der Waals surface area contributed by atoms with Crippen LogP contribution in [0.3, 0.4) is 0 Å². The van der Waals surface area contributed by atoms with Crippen molar-refractivity contribution in [2.24, 2.45) is 0 Å². The molecule has 0 bridgehead atoms. The molecule has 0 unspecified atom stereocenters. The third-order valence-electron chi connectivity index (χ3n) is 2.51. The summed E-state index contributed by atoms with van der Waals surface area (Å²) < 4.78 is 0. The molecule has 0 amide bonds. The van der Waals surface area contributed by atoms with Gasteiger partial charge in [0.25, 0.3) is 0 Å². The van der Waals surface area contributed by atoms with Crippen molar-refractivity contribution in [1.82, 2.24) is 0 Å². The van der Waals surface area contributed by atoms with Crippen molar-refractivity contribution in [3.63, 3.8) is 0 Å².